The molecule has 0 aromatic heterocycles. The van der Waals surface area contributed by atoms with E-state index in [0.717, 1.165) is 12.0 Å². The molecule has 12 heavy (non-hydrogen) atoms. The minimum Gasteiger partial charge on any atom is -0.0955 e. The van der Waals surface area contributed by atoms with E-state index in [0.29, 0.717) is 0 Å². The van der Waals surface area contributed by atoms with Gasteiger partial charge in [0.25, 0.3) is 0 Å². The second-order valence-electron chi connectivity index (χ2n) is 3.46. The average Bonchev–Trinajstić information content (AvgIpc) is 2.14. The van der Waals surface area contributed by atoms with Crippen LogP contribution in [0.3, 0.4) is 0 Å². The van der Waals surface area contributed by atoms with Crippen molar-refractivity contribution in [2.75, 3.05) is 0 Å². The predicted molar refractivity (Wildman–Crippen MR) is 55.0 cm³/mol. The van der Waals surface area contributed by atoms with Gasteiger partial charge in [-0.25, -0.2) is 0 Å². The molecule has 0 atom stereocenters. The molecule has 64 valence electrons. The fourth-order valence-corrected chi connectivity index (χ4v) is 1.36. The van der Waals surface area contributed by atoms with Gasteiger partial charge in [-0.05, 0) is 38.3 Å². The van der Waals surface area contributed by atoms with E-state index in [2.05, 4.69) is 45.6 Å². The molecule has 0 nitrogen and oxygen atoms in total. The molecule has 0 spiro atoms. The third-order valence-corrected chi connectivity index (χ3v) is 2.13. The van der Waals surface area contributed by atoms with Gasteiger partial charge in [-0.3, -0.25) is 0 Å². The summed E-state index contributed by atoms with van der Waals surface area (Å²) in [5, 5.41) is 0. The maximum Gasteiger partial charge on any atom is -0.0129 e. The van der Waals surface area contributed by atoms with Crippen molar-refractivity contribution in [2.24, 2.45) is 0 Å². The Labute approximate surface area is 75.0 Å². The fraction of sp³-hybridized carbons (Fsp3) is 0.333. The van der Waals surface area contributed by atoms with E-state index in [1.807, 2.05) is 0 Å². The molecule has 0 amide bonds. The summed E-state index contributed by atoms with van der Waals surface area (Å²) in [5.74, 6) is 0. The summed E-state index contributed by atoms with van der Waals surface area (Å²) in [6, 6.07) is 0. The largest absolute Gasteiger partial charge is 0.0955 e. The first-order chi connectivity index (χ1) is 5.61. The van der Waals surface area contributed by atoms with E-state index in [9.17, 15) is 0 Å². The van der Waals surface area contributed by atoms with E-state index < -0.39 is 0 Å². The van der Waals surface area contributed by atoms with Crippen molar-refractivity contribution in [1.82, 2.24) is 0 Å². The lowest BCUT2D eigenvalue weighted by Gasteiger charge is -2.04. The Bertz CT molecular complexity index is 285. The standard InChI is InChI=1S/C12H16/c1-9(2)12-8-6-10(3)5-7-11(12)4/h5,7-8H,1,6H2,2-4H3. The van der Waals surface area contributed by atoms with E-state index in [1.165, 1.54) is 16.7 Å². The van der Waals surface area contributed by atoms with Crippen LogP contribution >= 0.6 is 0 Å². The normalized spacial score (nSPS) is 17.4. The molecule has 0 unspecified atom stereocenters. The Morgan fingerprint density at radius 3 is 2.58 bits per heavy atom. The van der Waals surface area contributed by atoms with Gasteiger partial charge < -0.3 is 0 Å². The second kappa shape index (κ2) is 3.57. The minimum atomic E-state index is 1.05. The van der Waals surface area contributed by atoms with Gasteiger partial charge >= 0.3 is 0 Å². The van der Waals surface area contributed by atoms with Crippen LogP contribution in [-0.4, -0.2) is 0 Å². The van der Waals surface area contributed by atoms with Gasteiger partial charge in [0.05, 0.1) is 0 Å². The van der Waals surface area contributed by atoms with Crippen LogP contribution < -0.4 is 0 Å². The van der Waals surface area contributed by atoms with Crippen molar-refractivity contribution >= 4 is 0 Å². The van der Waals surface area contributed by atoms with Crippen molar-refractivity contribution in [3.05, 3.63) is 47.1 Å². The molecule has 1 rings (SSSR count). The van der Waals surface area contributed by atoms with Gasteiger partial charge in [-0.15, -0.1) is 0 Å². The summed E-state index contributed by atoms with van der Waals surface area (Å²) >= 11 is 0. The van der Waals surface area contributed by atoms with Gasteiger partial charge in [0.15, 0.2) is 0 Å². The Hall–Kier alpha value is -1.04. The summed E-state index contributed by atoms with van der Waals surface area (Å²) < 4.78 is 0. The molecule has 0 N–H and O–H groups in total. The van der Waals surface area contributed by atoms with Crippen molar-refractivity contribution in [3.63, 3.8) is 0 Å². The van der Waals surface area contributed by atoms with Crippen LogP contribution in [0.4, 0.5) is 0 Å². The van der Waals surface area contributed by atoms with E-state index in [4.69, 9.17) is 0 Å². The predicted octanol–water partition coefficient (Wildman–Crippen LogP) is 3.79. The van der Waals surface area contributed by atoms with Crippen molar-refractivity contribution < 1.29 is 0 Å². The van der Waals surface area contributed by atoms with Crippen LogP contribution in [-0.2, 0) is 0 Å². The topological polar surface area (TPSA) is 0 Å². The molecular weight excluding hydrogens is 144 g/mol. The Kier molecular flexibility index (Phi) is 2.69. The molecule has 0 radical (unpaired) electrons. The lowest BCUT2D eigenvalue weighted by Crippen LogP contribution is -1.85. The highest BCUT2D eigenvalue weighted by atomic mass is 14.1. The smallest absolute Gasteiger partial charge is 0.0129 e. The molecule has 0 saturated heterocycles. The minimum absolute atomic E-state index is 1.05. The molecule has 0 bridgehead atoms. The lowest BCUT2D eigenvalue weighted by molar-refractivity contribution is 1.20. The van der Waals surface area contributed by atoms with Gasteiger partial charge in [0, 0.05) is 0 Å². The van der Waals surface area contributed by atoms with Crippen molar-refractivity contribution in [1.29, 1.82) is 0 Å². The molecule has 0 heteroatoms. The summed E-state index contributed by atoms with van der Waals surface area (Å²) in [7, 11) is 0. The summed E-state index contributed by atoms with van der Waals surface area (Å²) in [4.78, 5) is 0. The molecule has 0 fully saturated rings. The number of hydrogen-bond donors (Lipinski definition) is 0. The molecule has 1 aliphatic carbocycles. The van der Waals surface area contributed by atoms with Crippen LogP contribution in [0.5, 0.6) is 0 Å². The molecule has 0 aromatic carbocycles. The highest BCUT2D eigenvalue weighted by molar-refractivity contribution is 5.47. The van der Waals surface area contributed by atoms with E-state index in [1.54, 1.807) is 0 Å². The second-order valence-corrected chi connectivity index (χ2v) is 3.46. The first-order valence-electron chi connectivity index (χ1n) is 4.31. The van der Waals surface area contributed by atoms with Crippen molar-refractivity contribution in [2.45, 2.75) is 27.2 Å². The van der Waals surface area contributed by atoms with Gasteiger partial charge in [0.2, 0.25) is 0 Å². The highest BCUT2D eigenvalue weighted by Gasteiger charge is 2.02. The Balaban J connectivity index is 3.00. The van der Waals surface area contributed by atoms with Crippen LogP contribution in [0.15, 0.2) is 47.1 Å². The quantitative estimate of drug-likeness (QED) is 0.547. The molecule has 0 saturated carbocycles. The van der Waals surface area contributed by atoms with Crippen LogP contribution in [0.25, 0.3) is 0 Å². The van der Waals surface area contributed by atoms with E-state index >= 15 is 0 Å². The van der Waals surface area contributed by atoms with Gasteiger partial charge in [-0.2, -0.15) is 0 Å². The Morgan fingerprint density at radius 1 is 1.33 bits per heavy atom. The number of allylic oxidation sites excluding steroid dienone is 7. The fourth-order valence-electron chi connectivity index (χ4n) is 1.36. The zero-order chi connectivity index (χ0) is 9.14. The van der Waals surface area contributed by atoms with E-state index in [-0.39, 0.29) is 0 Å². The number of hydrogen-bond acceptors (Lipinski definition) is 0. The van der Waals surface area contributed by atoms with Crippen molar-refractivity contribution in [3.8, 4) is 0 Å². The maximum atomic E-state index is 3.96. The Morgan fingerprint density at radius 2 is 2.00 bits per heavy atom. The summed E-state index contributed by atoms with van der Waals surface area (Å²) in [6.45, 7) is 10.3. The SMILES string of the molecule is C=C(C)C1=CCC(C)=CC=C1C. The highest BCUT2D eigenvalue weighted by Crippen LogP contribution is 2.22. The maximum absolute atomic E-state index is 3.96. The van der Waals surface area contributed by atoms with Gasteiger partial charge in [0.1, 0.15) is 0 Å². The lowest BCUT2D eigenvalue weighted by atomic mass is 10.0. The molecular formula is C12H16. The summed E-state index contributed by atoms with van der Waals surface area (Å²) in [5.41, 5.74) is 5.19. The molecule has 1 aliphatic rings. The monoisotopic (exact) mass is 160 g/mol. The zero-order valence-corrected chi connectivity index (χ0v) is 8.15. The average molecular weight is 160 g/mol. The van der Waals surface area contributed by atoms with Crippen LogP contribution in [0, 0.1) is 0 Å². The first kappa shape index (κ1) is 9.05. The molecule has 0 aliphatic heterocycles. The number of rotatable bonds is 1. The molecule has 0 heterocycles. The third-order valence-electron chi connectivity index (χ3n) is 2.13. The summed E-state index contributed by atoms with van der Waals surface area (Å²) in [6.07, 6.45) is 7.66. The zero-order valence-electron chi connectivity index (χ0n) is 8.15. The van der Waals surface area contributed by atoms with Gasteiger partial charge in [-0.1, -0.05) is 36.0 Å². The first-order valence-corrected chi connectivity index (χ1v) is 4.31. The van der Waals surface area contributed by atoms with Crippen LogP contribution in [0.1, 0.15) is 27.2 Å². The molecule has 0 aromatic rings. The third kappa shape index (κ3) is 1.97. The van der Waals surface area contributed by atoms with Crippen LogP contribution in [0.2, 0.25) is 0 Å².